The number of hydrogen-bond acceptors (Lipinski definition) is 1. The monoisotopic (exact) mass is 285 g/mol. The third kappa shape index (κ3) is 2.43. The van der Waals surface area contributed by atoms with Crippen LogP contribution in [0.4, 0.5) is 5.69 Å². The number of rotatable bonds is 1. The number of anilines is 1. The van der Waals surface area contributed by atoms with Crippen molar-refractivity contribution in [3.05, 3.63) is 64.2 Å². The molecular formula is C18H20ClN. The van der Waals surface area contributed by atoms with Gasteiger partial charge in [-0.15, -0.1) is 0 Å². The predicted octanol–water partition coefficient (Wildman–Crippen LogP) is 5.35. The fourth-order valence-corrected chi connectivity index (χ4v) is 3.01. The zero-order valence-corrected chi connectivity index (χ0v) is 13.0. The summed E-state index contributed by atoms with van der Waals surface area (Å²) < 4.78 is 0. The average Bonchev–Trinajstić information content (AvgIpc) is 2.83. The van der Waals surface area contributed by atoms with Crippen molar-refractivity contribution in [2.75, 3.05) is 5.32 Å². The molecule has 0 radical (unpaired) electrons. The van der Waals surface area contributed by atoms with Crippen LogP contribution in [0.15, 0.2) is 42.5 Å². The van der Waals surface area contributed by atoms with Crippen LogP contribution in [-0.2, 0) is 11.8 Å². The molecule has 1 aliphatic rings. The third-order valence-electron chi connectivity index (χ3n) is 4.04. The number of halogens is 1. The highest BCUT2D eigenvalue weighted by Crippen LogP contribution is 2.38. The largest absolute Gasteiger partial charge is 0.378 e. The highest BCUT2D eigenvalue weighted by Gasteiger charge is 2.24. The van der Waals surface area contributed by atoms with E-state index in [-0.39, 0.29) is 5.41 Å². The summed E-state index contributed by atoms with van der Waals surface area (Å²) in [5.41, 5.74) is 5.30. The summed E-state index contributed by atoms with van der Waals surface area (Å²) in [7, 11) is 0. The fraction of sp³-hybridized carbons (Fsp3) is 0.333. The number of hydrogen-bond donors (Lipinski definition) is 1. The molecule has 1 nitrogen and oxygen atoms in total. The molecule has 1 aliphatic heterocycles. The van der Waals surface area contributed by atoms with Crippen molar-refractivity contribution >= 4 is 17.3 Å². The SMILES string of the molecule is CC(C)(C)c1ccc(C2Cc3c(Cl)cccc3N2)cc1. The zero-order valence-electron chi connectivity index (χ0n) is 12.2. The first-order valence-electron chi connectivity index (χ1n) is 7.09. The summed E-state index contributed by atoms with van der Waals surface area (Å²) in [4.78, 5) is 0. The highest BCUT2D eigenvalue weighted by molar-refractivity contribution is 6.31. The Labute approximate surface area is 126 Å². The van der Waals surface area contributed by atoms with Crippen LogP contribution in [-0.4, -0.2) is 0 Å². The third-order valence-corrected chi connectivity index (χ3v) is 4.39. The Balaban J connectivity index is 1.85. The molecule has 0 saturated carbocycles. The topological polar surface area (TPSA) is 12.0 Å². The molecule has 104 valence electrons. The van der Waals surface area contributed by atoms with Crippen LogP contribution in [0, 0.1) is 0 Å². The number of fused-ring (bicyclic) bond motifs is 1. The minimum absolute atomic E-state index is 0.202. The van der Waals surface area contributed by atoms with Crippen LogP contribution in [0.2, 0.25) is 5.02 Å². The molecule has 20 heavy (non-hydrogen) atoms. The maximum atomic E-state index is 6.27. The quantitative estimate of drug-likeness (QED) is 0.745. The zero-order chi connectivity index (χ0) is 14.3. The van der Waals surface area contributed by atoms with Crippen molar-refractivity contribution in [3.8, 4) is 0 Å². The van der Waals surface area contributed by atoms with Gasteiger partial charge in [0.15, 0.2) is 0 Å². The van der Waals surface area contributed by atoms with Gasteiger partial charge in [-0.25, -0.2) is 0 Å². The smallest absolute Gasteiger partial charge is 0.0555 e. The van der Waals surface area contributed by atoms with Gasteiger partial charge >= 0.3 is 0 Å². The lowest BCUT2D eigenvalue weighted by Gasteiger charge is -2.20. The summed E-state index contributed by atoms with van der Waals surface area (Å²) in [5.74, 6) is 0. The number of nitrogens with one attached hydrogen (secondary N) is 1. The van der Waals surface area contributed by atoms with Gasteiger partial charge in [0.25, 0.3) is 0 Å². The van der Waals surface area contributed by atoms with Gasteiger partial charge in [-0.2, -0.15) is 0 Å². The molecule has 1 unspecified atom stereocenters. The Kier molecular flexibility index (Phi) is 3.25. The second-order valence-electron chi connectivity index (χ2n) is 6.54. The molecule has 1 atom stereocenters. The van der Waals surface area contributed by atoms with Crippen LogP contribution >= 0.6 is 11.6 Å². The normalized spacial score (nSPS) is 17.7. The van der Waals surface area contributed by atoms with E-state index in [1.807, 2.05) is 12.1 Å². The molecule has 0 aliphatic carbocycles. The van der Waals surface area contributed by atoms with Crippen molar-refractivity contribution in [1.29, 1.82) is 0 Å². The van der Waals surface area contributed by atoms with E-state index in [1.54, 1.807) is 0 Å². The van der Waals surface area contributed by atoms with Gasteiger partial charge in [-0.3, -0.25) is 0 Å². The summed E-state index contributed by atoms with van der Waals surface area (Å²) in [6.07, 6.45) is 0.962. The Morgan fingerprint density at radius 2 is 1.75 bits per heavy atom. The van der Waals surface area contributed by atoms with Gasteiger partial charge in [0.05, 0.1) is 6.04 Å². The summed E-state index contributed by atoms with van der Waals surface area (Å²) in [5, 5.41) is 4.43. The van der Waals surface area contributed by atoms with Gasteiger partial charge in [0.1, 0.15) is 0 Å². The molecule has 3 rings (SSSR count). The second kappa shape index (κ2) is 4.82. The molecule has 0 bridgehead atoms. The Morgan fingerprint density at radius 1 is 1.05 bits per heavy atom. The first-order chi connectivity index (χ1) is 9.45. The van der Waals surface area contributed by atoms with Gasteiger partial charge in [-0.1, -0.05) is 62.7 Å². The lowest BCUT2D eigenvalue weighted by atomic mass is 9.86. The summed E-state index contributed by atoms with van der Waals surface area (Å²) in [6.45, 7) is 6.72. The van der Waals surface area contributed by atoms with E-state index >= 15 is 0 Å². The maximum Gasteiger partial charge on any atom is 0.0555 e. The first-order valence-corrected chi connectivity index (χ1v) is 7.47. The Bertz CT molecular complexity index is 623. The molecule has 2 heteroatoms. The van der Waals surface area contributed by atoms with Gasteiger partial charge in [0, 0.05) is 17.1 Å². The van der Waals surface area contributed by atoms with E-state index in [9.17, 15) is 0 Å². The molecule has 0 spiro atoms. The highest BCUT2D eigenvalue weighted by atomic mass is 35.5. The van der Waals surface area contributed by atoms with E-state index in [1.165, 1.54) is 22.4 Å². The molecule has 1 N–H and O–H groups in total. The summed E-state index contributed by atoms with van der Waals surface area (Å²) in [6, 6.07) is 15.3. The lowest BCUT2D eigenvalue weighted by molar-refractivity contribution is 0.589. The van der Waals surface area contributed by atoms with Crippen LogP contribution in [0.5, 0.6) is 0 Å². The van der Waals surface area contributed by atoms with Crippen molar-refractivity contribution < 1.29 is 0 Å². The molecule has 2 aromatic rings. The van der Waals surface area contributed by atoms with Gasteiger partial charge in [-0.05, 0) is 34.2 Å². The average molecular weight is 286 g/mol. The molecule has 0 fully saturated rings. The fourth-order valence-electron chi connectivity index (χ4n) is 2.76. The van der Waals surface area contributed by atoms with E-state index in [0.29, 0.717) is 6.04 Å². The van der Waals surface area contributed by atoms with E-state index in [0.717, 1.165) is 11.4 Å². The van der Waals surface area contributed by atoms with Crippen LogP contribution in [0.1, 0.15) is 43.5 Å². The molecule has 0 amide bonds. The molecule has 0 saturated heterocycles. The minimum atomic E-state index is 0.202. The molecule has 0 aromatic heterocycles. The predicted molar refractivity (Wildman–Crippen MR) is 86.7 cm³/mol. The molecule has 2 aromatic carbocycles. The van der Waals surface area contributed by atoms with Crippen LogP contribution in [0.3, 0.4) is 0 Å². The van der Waals surface area contributed by atoms with E-state index < -0.39 is 0 Å². The van der Waals surface area contributed by atoms with Crippen molar-refractivity contribution in [2.45, 2.75) is 38.6 Å². The Hall–Kier alpha value is -1.47. The Morgan fingerprint density at radius 3 is 2.35 bits per heavy atom. The van der Waals surface area contributed by atoms with Crippen molar-refractivity contribution in [3.63, 3.8) is 0 Å². The summed E-state index contributed by atoms with van der Waals surface area (Å²) >= 11 is 6.27. The van der Waals surface area contributed by atoms with Crippen LogP contribution < -0.4 is 5.32 Å². The second-order valence-corrected chi connectivity index (χ2v) is 6.95. The van der Waals surface area contributed by atoms with E-state index in [2.05, 4.69) is 56.4 Å². The maximum absolute atomic E-state index is 6.27. The lowest BCUT2D eigenvalue weighted by Crippen LogP contribution is -2.12. The van der Waals surface area contributed by atoms with Gasteiger partial charge in [0.2, 0.25) is 0 Å². The standard InChI is InChI=1S/C18H20ClN/c1-18(2,3)13-9-7-12(8-10-13)17-11-14-15(19)5-4-6-16(14)20-17/h4-10,17,20H,11H2,1-3H3. The first kappa shape index (κ1) is 13.5. The van der Waals surface area contributed by atoms with Gasteiger partial charge < -0.3 is 5.32 Å². The van der Waals surface area contributed by atoms with Crippen molar-refractivity contribution in [1.82, 2.24) is 0 Å². The van der Waals surface area contributed by atoms with Crippen molar-refractivity contribution in [2.24, 2.45) is 0 Å². The minimum Gasteiger partial charge on any atom is -0.378 e. The number of benzene rings is 2. The van der Waals surface area contributed by atoms with Crippen LogP contribution in [0.25, 0.3) is 0 Å². The van der Waals surface area contributed by atoms with E-state index in [4.69, 9.17) is 11.6 Å². The molecular weight excluding hydrogens is 266 g/mol. The molecule has 1 heterocycles.